The minimum absolute atomic E-state index is 0.0885. The molecule has 1 atom stereocenters. The lowest BCUT2D eigenvalue weighted by molar-refractivity contribution is -0.116. The number of carbonyl (C=O) groups excluding carboxylic acids is 1. The molecule has 0 saturated heterocycles. The van der Waals surface area contributed by atoms with Crippen LogP contribution < -0.4 is 10.2 Å². The van der Waals surface area contributed by atoms with E-state index in [4.69, 9.17) is 5.10 Å². The zero-order valence-corrected chi connectivity index (χ0v) is 18.6. The van der Waals surface area contributed by atoms with Crippen molar-refractivity contribution in [3.8, 4) is 5.69 Å². The third-order valence-electron chi connectivity index (χ3n) is 6.43. The first-order valence-electron chi connectivity index (χ1n) is 10.9. The van der Waals surface area contributed by atoms with E-state index in [9.17, 15) is 4.79 Å². The normalized spacial score (nSPS) is 17.8. The molecule has 31 heavy (non-hydrogen) atoms. The number of benzene rings is 2. The van der Waals surface area contributed by atoms with Gasteiger partial charge >= 0.3 is 0 Å². The molecule has 1 aliphatic carbocycles. The molecular weight excluding hydrogens is 384 g/mol. The minimum Gasteiger partial charge on any atom is -0.378 e. The lowest BCUT2D eigenvalue weighted by atomic mass is 9.76. The first kappa shape index (κ1) is 19.6. The number of ketones is 1. The second-order valence-corrected chi connectivity index (χ2v) is 8.81. The molecule has 0 amide bonds. The minimum atomic E-state index is -0.0885. The summed E-state index contributed by atoms with van der Waals surface area (Å²) in [5.74, 6) is 1.15. The second-order valence-electron chi connectivity index (χ2n) is 8.81. The Labute approximate surface area is 183 Å². The highest BCUT2D eigenvalue weighted by Crippen LogP contribution is 2.47. The summed E-state index contributed by atoms with van der Waals surface area (Å²) >= 11 is 0. The number of nitrogens with one attached hydrogen (secondary N) is 1. The predicted molar refractivity (Wildman–Crippen MR) is 125 cm³/mol. The van der Waals surface area contributed by atoms with Crippen LogP contribution in [0.4, 0.5) is 11.5 Å². The highest BCUT2D eigenvalue weighted by atomic mass is 16.1. The number of rotatable bonds is 3. The lowest BCUT2D eigenvalue weighted by Crippen LogP contribution is -2.27. The van der Waals surface area contributed by atoms with Crippen LogP contribution in [0.2, 0.25) is 0 Å². The van der Waals surface area contributed by atoms with Crippen LogP contribution in [0.1, 0.15) is 47.6 Å². The van der Waals surface area contributed by atoms with E-state index >= 15 is 0 Å². The standard InChI is InChI=1S/C26H28N4O/c1-16-8-12-20(13-9-16)30-26-23(17(2)28-30)24(18-10-14-19(15-11-18)29(3)4)25-21(27-26)6-5-7-22(25)31/h8-15,24,27H,5-7H2,1-4H3/t24-/m1/s1. The molecule has 1 aromatic heterocycles. The van der Waals surface area contributed by atoms with Gasteiger partial charge in [-0.15, -0.1) is 0 Å². The van der Waals surface area contributed by atoms with Crippen molar-refractivity contribution in [3.63, 3.8) is 0 Å². The summed E-state index contributed by atoms with van der Waals surface area (Å²) in [5, 5.41) is 8.52. The number of Topliss-reactive ketones (excluding diaryl/α,β-unsaturated/α-hetero) is 1. The van der Waals surface area contributed by atoms with Crippen LogP contribution in [0.3, 0.4) is 0 Å². The fraction of sp³-hybridized carbons (Fsp3) is 0.308. The Hall–Kier alpha value is -3.34. The maximum atomic E-state index is 13.1. The van der Waals surface area contributed by atoms with Crippen molar-refractivity contribution in [2.45, 2.75) is 39.0 Å². The Balaban J connectivity index is 1.70. The second kappa shape index (κ2) is 7.41. The van der Waals surface area contributed by atoms with Gasteiger partial charge < -0.3 is 10.2 Å². The smallest absolute Gasteiger partial charge is 0.161 e. The summed E-state index contributed by atoms with van der Waals surface area (Å²) < 4.78 is 1.99. The van der Waals surface area contributed by atoms with E-state index in [2.05, 4.69) is 65.7 Å². The molecule has 0 unspecified atom stereocenters. The van der Waals surface area contributed by atoms with Crippen LogP contribution in [0.15, 0.2) is 59.8 Å². The number of fused-ring (bicyclic) bond motifs is 1. The molecular formula is C26H28N4O. The maximum absolute atomic E-state index is 13.1. The van der Waals surface area contributed by atoms with Gasteiger partial charge in [0.05, 0.1) is 11.4 Å². The van der Waals surface area contributed by atoms with Crippen molar-refractivity contribution in [2.75, 3.05) is 24.3 Å². The number of hydrogen-bond acceptors (Lipinski definition) is 4. The third kappa shape index (κ3) is 3.25. The molecule has 5 rings (SSSR count). The van der Waals surface area contributed by atoms with E-state index in [1.54, 1.807) is 0 Å². The van der Waals surface area contributed by atoms with Gasteiger partial charge in [0.15, 0.2) is 5.78 Å². The lowest BCUT2D eigenvalue weighted by Gasteiger charge is -2.33. The zero-order valence-electron chi connectivity index (χ0n) is 18.6. The van der Waals surface area contributed by atoms with E-state index in [0.29, 0.717) is 6.42 Å². The number of aryl methyl sites for hydroxylation is 2. The summed E-state index contributed by atoms with van der Waals surface area (Å²) in [6.07, 6.45) is 2.40. The van der Waals surface area contributed by atoms with E-state index in [1.165, 1.54) is 5.56 Å². The van der Waals surface area contributed by atoms with Crippen molar-refractivity contribution >= 4 is 17.3 Å². The quantitative estimate of drug-likeness (QED) is 0.649. The van der Waals surface area contributed by atoms with E-state index < -0.39 is 0 Å². The molecule has 2 aliphatic rings. The zero-order chi connectivity index (χ0) is 21.7. The Morgan fingerprint density at radius 3 is 2.39 bits per heavy atom. The largest absolute Gasteiger partial charge is 0.378 e. The van der Waals surface area contributed by atoms with Crippen LogP contribution >= 0.6 is 0 Å². The molecule has 5 heteroatoms. The SMILES string of the molecule is Cc1ccc(-n2nc(C)c3c2NC2=C(C(=O)CCC2)[C@@H]3c2ccc(N(C)C)cc2)cc1. The topological polar surface area (TPSA) is 50.2 Å². The van der Waals surface area contributed by atoms with Crippen LogP contribution in [-0.2, 0) is 4.79 Å². The molecule has 1 N–H and O–H groups in total. The van der Waals surface area contributed by atoms with Gasteiger partial charge in [-0.1, -0.05) is 29.8 Å². The van der Waals surface area contributed by atoms with Crippen LogP contribution in [0.25, 0.3) is 5.69 Å². The third-order valence-corrected chi connectivity index (χ3v) is 6.43. The molecule has 0 radical (unpaired) electrons. The molecule has 2 aromatic carbocycles. The fourth-order valence-corrected chi connectivity index (χ4v) is 4.79. The number of nitrogens with zero attached hydrogens (tertiary/aromatic N) is 3. The number of hydrogen-bond donors (Lipinski definition) is 1. The van der Waals surface area contributed by atoms with Gasteiger partial charge in [-0.2, -0.15) is 5.10 Å². The Morgan fingerprint density at radius 2 is 1.71 bits per heavy atom. The molecule has 0 fully saturated rings. The maximum Gasteiger partial charge on any atom is 0.161 e. The number of anilines is 2. The van der Waals surface area contributed by atoms with E-state index in [-0.39, 0.29) is 11.7 Å². The first-order chi connectivity index (χ1) is 14.9. The number of carbonyl (C=O) groups is 1. The molecule has 1 aliphatic heterocycles. The number of aromatic nitrogens is 2. The fourth-order valence-electron chi connectivity index (χ4n) is 4.79. The number of allylic oxidation sites excluding steroid dienone is 2. The average molecular weight is 413 g/mol. The molecule has 158 valence electrons. The average Bonchev–Trinajstić information content (AvgIpc) is 3.09. The summed E-state index contributed by atoms with van der Waals surface area (Å²) in [5.41, 5.74) is 8.56. The Morgan fingerprint density at radius 1 is 1.00 bits per heavy atom. The van der Waals surface area contributed by atoms with Crippen molar-refractivity contribution in [2.24, 2.45) is 0 Å². The first-order valence-corrected chi connectivity index (χ1v) is 10.9. The van der Waals surface area contributed by atoms with Gasteiger partial charge in [-0.3, -0.25) is 4.79 Å². The van der Waals surface area contributed by atoms with Gasteiger partial charge in [0.2, 0.25) is 0 Å². The molecule has 0 spiro atoms. The van der Waals surface area contributed by atoms with Crippen molar-refractivity contribution in [1.29, 1.82) is 0 Å². The molecule has 2 heterocycles. The molecule has 0 saturated carbocycles. The predicted octanol–water partition coefficient (Wildman–Crippen LogP) is 5.12. The molecule has 5 nitrogen and oxygen atoms in total. The van der Waals surface area contributed by atoms with Crippen molar-refractivity contribution in [3.05, 3.63) is 82.2 Å². The molecule has 0 bridgehead atoms. The highest BCUT2D eigenvalue weighted by Gasteiger charge is 2.38. The Bertz CT molecular complexity index is 1180. The Kier molecular flexibility index (Phi) is 4.69. The van der Waals surface area contributed by atoms with Gasteiger partial charge in [0.1, 0.15) is 5.82 Å². The summed E-state index contributed by atoms with van der Waals surface area (Å²) in [4.78, 5) is 15.2. The van der Waals surface area contributed by atoms with Gasteiger partial charge in [0.25, 0.3) is 0 Å². The highest BCUT2D eigenvalue weighted by molar-refractivity contribution is 6.01. The van der Waals surface area contributed by atoms with Crippen LogP contribution in [-0.4, -0.2) is 29.7 Å². The van der Waals surface area contributed by atoms with Crippen LogP contribution in [0, 0.1) is 13.8 Å². The van der Waals surface area contributed by atoms with Crippen molar-refractivity contribution < 1.29 is 4.79 Å². The van der Waals surface area contributed by atoms with Crippen molar-refractivity contribution in [1.82, 2.24) is 9.78 Å². The van der Waals surface area contributed by atoms with Gasteiger partial charge in [-0.05, 0) is 56.5 Å². The summed E-state index contributed by atoms with van der Waals surface area (Å²) in [7, 11) is 4.08. The monoisotopic (exact) mass is 412 g/mol. The summed E-state index contributed by atoms with van der Waals surface area (Å²) in [6.45, 7) is 4.13. The van der Waals surface area contributed by atoms with Gasteiger partial charge in [0, 0.05) is 49.0 Å². The van der Waals surface area contributed by atoms with E-state index in [1.807, 2.05) is 25.7 Å². The van der Waals surface area contributed by atoms with E-state index in [0.717, 1.165) is 58.1 Å². The summed E-state index contributed by atoms with van der Waals surface area (Å²) in [6, 6.07) is 17.0. The van der Waals surface area contributed by atoms with Gasteiger partial charge in [-0.25, -0.2) is 4.68 Å². The molecule has 3 aromatic rings. The van der Waals surface area contributed by atoms with Crippen LogP contribution in [0.5, 0.6) is 0 Å².